The van der Waals surface area contributed by atoms with E-state index < -0.39 is 5.60 Å². The van der Waals surface area contributed by atoms with Crippen LogP contribution in [-0.2, 0) is 18.3 Å². The Morgan fingerprint density at radius 2 is 1.66 bits per heavy atom. The third kappa shape index (κ3) is 3.40. The second kappa shape index (κ2) is 7.47. The molecule has 0 radical (unpaired) electrons. The van der Waals surface area contributed by atoms with E-state index in [2.05, 4.69) is 36.4 Å². The molecule has 0 aromatic heterocycles. The van der Waals surface area contributed by atoms with Crippen molar-refractivity contribution in [1.82, 2.24) is 0 Å². The molecule has 0 saturated heterocycles. The molecule has 2 aromatic carbocycles. The maximum absolute atomic E-state index is 11.8. The van der Waals surface area contributed by atoms with Gasteiger partial charge in [0.05, 0.1) is 5.60 Å². The third-order valence-corrected chi connectivity index (χ3v) is 8.50. The molecule has 2 fully saturated rings. The average molecular weight is 391 g/mol. The molecule has 3 atom stereocenters. The lowest BCUT2D eigenvalue weighted by molar-refractivity contribution is -0.0997. The molecule has 2 heteroatoms. The zero-order valence-electron chi connectivity index (χ0n) is 17.4. The Morgan fingerprint density at radius 1 is 0.862 bits per heavy atom. The summed E-state index contributed by atoms with van der Waals surface area (Å²) in [6, 6.07) is 16.9. The van der Waals surface area contributed by atoms with Gasteiger partial charge in [0.25, 0.3) is 0 Å². The second-order valence-corrected chi connectivity index (χ2v) is 10.0. The van der Waals surface area contributed by atoms with Gasteiger partial charge in [-0.3, -0.25) is 0 Å². The van der Waals surface area contributed by atoms with Gasteiger partial charge in [0.2, 0.25) is 0 Å². The summed E-state index contributed by atoms with van der Waals surface area (Å²) in [7, 11) is 0. The maximum atomic E-state index is 11.8. The first-order valence-corrected chi connectivity index (χ1v) is 11.7. The van der Waals surface area contributed by atoms with Crippen molar-refractivity contribution in [3.8, 4) is 5.75 Å². The van der Waals surface area contributed by atoms with E-state index in [1.54, 1.807) is 0 Å². The van der Waals surface area contributed by atoms with Crippen molar-refractivity contribution in [2.45, 2.75) is 81.6 Å². The van der Waals surface area contributed by atoms with E-state index in [4.69, 9.17) is 0 Å². The fraction of sp³-hybridized carbons (Fsp3) is 0.556. The van der Waals surface area contributed by atoms with Gasteiger partial charge in [0, 0.05) is 5.41 Å². The highest BCUT2D eigenvalue weighted by atomic mass is 16.3. The Bertz CT molecular complexity index is 854. The van der Waals surface area contributed by atoms with Crippen LogP contribution in [0.25, 0.3) is 0 Å². The van der Waals surface area contributed by atoms with Gasteiger partial charge in [-0.15, -0.1) is 0 Å². The van der Waals surface area contributed by atoms with Crippen LogP contribution in [0.1, 0.15) is 74.5 Å². The van der Waals surface area contributed by atoms with Crippen LogP contribution in [0.3, 0.4) is 0 Å². The minimum Gasteiger partial charge on any atom is -0.508 e. The van der Waals surface area contributed by atoms with Crippen LogP contribution in [0.15, 0.2) is 48.5 Å². The van der Waals surface area contributed by atoms with E-state index >= 15 is 0 Å². The number of phenols is 1. The van der Waals surface area contributed by atoms with E-state index in [9.17, 15) is 10.2 Å². The van der Waals surface area contributed by atoms with E-state index in [1.165, 1.54) is 48.8 Å². The lowest BCUT2D eigenvalue weighted by atomic mass is 9.51. The molecule has 1 unspecified atom stereocenters. The second-order valence-electron chi connectivity index (χ2n) is 10.0. The van der Waals surface area contributed by atoms with E-state index in [0.29, 0.717) is 17.6 Å². The highest BCUT2D eigenvalue weighted by molar-refractivity contribution is 5.44. The van der Waals surface area contributed by atoms with Crippen molar-refractivity contribution in [2.75, 3.05) is 0 Å². The van der Waals surface area contributed by atoms with E-state index in [1.807, 2.05) is 12.1 Å². The average Bonchev–Trinajstić information content (AvgIpc) is 2.75. The van der Waals surface area contributed by atoms with Crippen LogP contribution >= 0.6 is 0 Å². The fourth-order valence-corrected chi connectivity index (χ4v) is 7.00. The molecule has 5 rings (SSSR count). The molecule has 3 aliphatic carbocycles. The summed E-state index contributed by atoms with van der Waals surface area (Å²) < 4.78 is 0. The minimum atomic E-state index is -0.473. The molecule has 3 aliphatic rings. The Kier molecular flexibility index (Phi) is 4.94. The first-order valence-electron chi connectivity index (χ1n) is 11.7. The molecule has 0 spiro atoms. The Labute approximate surface area is 175 Å². The zero-order valence-corrected chi connectivity index (χ0v) is 17.4. The lowest BCUT2D eigenvalue weighted by Crippen LogP contribution is -2.54. The van der Waals surface area contributed by atoms with Crippen LogP contribution < -0.4 is 0 Å². The molecule has 2 nitrogen and oxygen atoms in total. The molecule has 2 N–H and O–H groups in total. The molecule has 2 saturated carbocycles. The van der Waals surface area contributed by atoms with Crippen LogP contribution in [0.4, 0.5) is 0 Å². The van der Waals surface area contributed by atoms with Gasteiger partial charge in [-0.25, -0.2) is 0 Å². The smallest absolute Gasteiger partial charge is 0.115 e. The third-order valence-electron chi connectivity index (χ3n) is 8.50. The molecular formula is C27H34O2. The molecule has 0 aliphatic heterocycles. The quantitative estimate of drug-likeness (QED) is 0.682. The van der Waals surface area contributed by atoms with Crippen molar-refractivity contribution in [3.63, 3.8) is 0 Å². The molecular weight excluding hydrogens is 356 g/mol. The molecule has 0 heterocycles. The fourth-order valence-electron chi connectivity index (χ4n) is 7.00. The van der Waals surface area contributed by atoms with Crippen LogP contribution in [0.5, 0.6) is 5.75 Å². The minimum absolute atomic E-state index is 0.0868. The van der Waals surface area contributed by atoms with Crippen molar-refractivity contribution in [1.29, 1.82) is 0 Å². The number of benzene rings is 2. The van der Waals surface area contributed by atoms with Crippen LogP contribution in [0, 0.1) is 11.8 Å². The number of phenolic OH excluding ortho intramolecular Hbond substituents is 1. The topological polar surface area (TPSA) is 40.5 Å². The van der Waals surface area contributed by atoms with Gasteiger partial charge in [-0.05, 0) is 92.0 Å². The van der Waals surface area contributed by atoms with Gasteiger partial charge in [-0.1, -0.05) is 55.7 Å². The summed E-state index contributed by atoms with van der Waals surface area (Å²) in [6.07, 6.45) is 12.4. The summed E-state index contributed by atoms with van der Waals surface area (Å²) in [5, 5.41) is 21.8. The number of rotatable bonds is 3. The van der Waals surface area contributed by atoms with Crippen molar-refractivity contribution in [3.05, 3.63) is 65.2 Å². The van der Waals surface area contributed by atoms with Crippen molar-refractivity contribution >= 4 is 0 Å². The van der Waals surface area contributed by atoms with Gasteiger partial charge in [0.15, 0.2) is 0 Å². The first-order chi connectivity index (χ1) is 14.1. The number of aryl methyl sites for hydroxylation is 1. The normalized spacial score (nSPS) is 32.4. The summed E-state index contributed by atoms with van der Waals surface area (Å²) in [4.78, 5) is 0. The maximum Gasteiger partial charge on any atom is 0.115 e. The first kappa shape index (κ1) is 19.2. The van der Waals surface area contributed by atoms with E-state index in [-0.39, 0.29) is 5.41 Å². The van der Waals surface area contributed by atoms with Crippen LogP contribution in [-0.4, -0.2) is 15.8 Å². The molecule has 0 bridgehead atoms. The largest absolute Gasteiger partial charge is 0.508 e. The lowest BCUT2D eigenvalue weighted by Gasteiger charge is -2.55. The Morgan fingerprint density at radius 3 is 2.45 bits per heavy atom. The molecule has 154 valence electrons. The van der Waals surface area contributed by atoms with Gasteiger partial charge < -0.3 is 10.2 Å². The van der Waals surface area contributed by atoms with Crippen molar-refractivity contribution < 1.29 is 10.2 Å². The van der Waals surface area contributed by atoms with Gasteiger partial charge in [0.1, 0.15) is 5.75 Å². The van der Waals surface area contributed by atoms with Crippen molar-refractivity contribution in [2.24, 2.45) is 11.8 Å². The Hall–Kier alpha value is -1.80. The predicted octanol–water partition coefficient (Wildman–Crippen LogP) is 5.93. The van der Waals surface area contributed by atoms with Gasteiger partial charge in [-0.2, -0.15) is 0 Å². The summed E-state index contributed by atoms with van der Waals surface area (Å²) in [5.74, 6) is 1.39. The monoisotopic (exact) mass is 390 g/mol. The summed E-state index contributed by atoms with van der Waals surface area (Å²) >= 11 is 0. The number of aliphatic hydroxyl groups is 1. The summed E-state index contributed by atoms with van der Waals surface area (Å²) in [5.41, 5.74) is 3.76. The summed E-state index contributed by atoms with van der Waals surface area (Å²) in [6.45, 7) is 0. The number of aromatic hydroxyl groups is 1. The molecule has 2 aromatic rings. The highest BCUT2D eigenvalue weighted by Gasteiger charge is 2.53. The number of fused-ring (bicyclic) bond motifs is 3. The Balaban J connectivity index is 1.52. The molecule has 29 heavy (non-hydrogen) atoms. The number of hydrogen-bond donors (Lipinski definition) is 2. The van der Waals surface area contributed by atoms with Gasteiger partial charge >= 0.3 is 0 Å². The SMILES string of the molecule is Oc1ccc2c(c1)CC[C@@H]1CC(O)(C3CCCCC3)CC[C@@]21Cc1ccccc1. The standard InChI is InChI=1S/C27H34O2/c28-24-13-14-25-21(17-24)11-12-23-19-27(29,22-9-5-2-6-10-22)16-15-26(23,25)18-20-7-3-1-4-8-20/h1,3-4,7-8,13-14,17,22-23,28-29H,2,5-6,9-12,15-16,18-19H2/t23-,26+,27?/m1/s1. The molecule has 0 amide bonds. The zero-order chi connectivity index (χ0) is 19.9. The van der Waals surface area contributed by atoms with E-state index in [0.717, 1.165) is 38.5 Å². The highest BCUT2D eigenvalue weighted by Crippen LogP contribution is 2.57. The van der Waals surface area contributed by atoms with Crippen LogP contribution in [0.2, 0.25) is 0 Å². The number of hydrogen-bond acceptors (Lipinski definition) is 2. The predicted molar refractivity (Wildman–Crippen MR) is 117 cm³/mol.